The lowest BCUT2D eigenvalue weighted by atomic mass is 10.1. The molecule has 0 atom stereocenters. The van der Waals surface area contributed by atoms with E-state index in [1.807, 2.05) is 28.6 Å². The average Bonchev–Trinajstić information content (AvgIpc) is 3.24. The highest BCUT2D eigenvalue weighted by Crippen LogP contribution is 2.26. The SMILES string of the molecule is CN1C=CC(/C=C/c2ccc(N(CCCCSSCCCCN(Cc3ccccc3)c3ccc(/C=C/c4cc[n+](C)cc4)cc3)Cc3ccccc3)cc2)=CC1. The summed E-state index contributed by atoms with van der Waals surface area (Å²) in [4.78, 5) is 7.26. The molecule has 0 unspecified atom stereocenters. The second-order valence-electron chi connectivity index (χ2n) is 14.5. The van der Waals surface area contributed by atoms with Crippen molar-refractivity contribution < 1.29 is 4.57 Å². The van der Waals surface area contributed by atoms with Gasteiger partial charge in [0.05, 0.1) is 0 Å². The van der Waals surface area contributed by atoms with Gasteiger partial charge in [0.25, 0.3) is 0 Å². The third kappa shape index (κ3) is 14.0. The molecule has 6 heteroatoms. The van der Waals surface area contributed by atoms with Crippen molar-refractivity contribution in [3.63, 3.8) is 0 Å². The van der Waals surface area contributed by atoms with Crippen LogP contribution in [0.4, 0.5) is 11.4 Å². The fourth-order valence-electron chi connectivity index (χ4n) is 6.57. The molecule has 0 radical (unpaired) electrons. The Morgan fingerprint density at radius 3 is 1.50 bits per heavy atom. The summed E-state index contributed by atoms with van der Waals surface area (Å²) in [5.74, 6) is 2.38. The summed E-state index contributed by atoms with van der Waals surface area (Å²) in [5, 5.41) is 0. The Hall–Kier alpha value is -4.91. The van der Waals surface area contributed by atoms with Crippen molar-refractivity contribution in [1.29, 1.82) is 0 Å². The highest BCUT2D eigenvalue weighted by molar-refractivity contribution is 8.76. The summed E-state index contributed by atoms with van der Waals surface area (Å²) >= 11 is 0. The molecule has 4 nitrogen and oxygen atoms in total. The molecule has 6 rings (SSSR count). The van der Waals surface area contributed by atoms with Gasteiger partial charge in [-0.1, -0.05) is 137 Å². The van der Waals surface area contributed by atoms with Crippen LogP contribution >= 0.6 is 21.6 Å². The van der Waals surface area contributed by atoms with Crippen molar-refractivity contribution in [2.75, 3.05) is 48.0 Å². The number of aryl methyl sites for hydroxylation is 1. The maximum Gasteiger partial charge on any atom is 0.169 e. The van der Waals surface area contributed by atoms with Gasteiger partial charge in [-0.3, -0.25) is 0 Å². The summed E-state index contributed by atoms with van der Waals surface area (Å²) in [6, 6.07) is 44.1. The van der Waals surface area contributed by atoms with Crippen LogP contribution in [0.15, 0.2) is 164 Å². The first-order valence-corrected chi connectivity index (χ1v) is 22.5. The van der Waals surface area contributed by atoms with Gasteiger partial charge in [0.2, 0.25) is 0 Å². The minimum Gasteiger partial charge on any atom is -0.377 e. The van der Waals surface area contributed by atoms with Gasteiger partial charge in [-0.25, -0.2) is 4.57 Å². The van der Waals surface area contributed by atoms with Gasteiger partial charge in [0.15, 0.2) is 12.4 Å². The number of anilines is 2. The van der Waals surface area contributed by atoms with Gasteiger partial charge in [0.1, 0.15) is 7.05 Å². The van der Waals surface area contributed by atoms with E-state index < -0.39 is 0 Å². The van der Waals surface area contributed by atoms with E-state index in [-0.39, 0.29) is 0 Å². The first-order chi connectivity index (χ1) is 27.6. The van der Waals surface area contributed by atoms with Gasteiger partial charge in [-0.15, -0.1) is 0 Å². The zero-order valence-corrected chi connectivity index (χ0v) is 34.8. The molecule has 1 aliphatic heterocycles. The molecule has 0 spiro atoms. The molecule has 5 aromatic rings. The van der Waals surface area contributed by atoms with E-state index in [9.17, 15) is 0 Å². The molecule has 56 heavy (non-hydrogen) atoms. The third-order valence-corrected chi connectivity index (χ3v) is 12.5. The largest absolute Gasteiger partial charge is 0.377 e. The van der Waals surface area contributed by atoms with Gasteiger partial charge in [0, 0.05) is 74.8 Å². The Balaban J connectivity index is 0.921. The topological polar surface area (TPSA) is 13.6 Å². The zero-order chi connectivity index (χ0) is 38.6. The summed E-state index contributed by atoms with van der Waals surface area (Å²) in [7, 11) is 8.23. The van der Waals surface area contributed by atoms with Crippen LogP contribution in [0.1, 0.15) is 53.5 Å². The molecule has 0 saturated heterocycles. The summed E-state index contributed by atoms with van der Waals surface area (Å²) in [6.45, 7) is 4.92. The molecule has 1 aromatic heterocycles. The van der Waals surface area contributed by atoms with Crippen LogP contribution in [0, 0.1) is 0 Å². The van der Waals surface area contributed by atoms with Gasteiger partial charge in [-0.05, 0) is 95.6 Å². The van der Waals surface area contributed by atoms with Crippen molar-refractivity contribution in [1.82, 2.24) is 4.90 Å². The van der Waals surface area contributed by atoms with Crippen molar-refractivity contribution in [2.45, 2.75) is 38.8 Å². The van der Waals surface area contributed by atoms with E-state index in [4.69, 9.17) is 0 Å². The van der Waals surface area contributed by atoms with Gasteiger partial charge < -0.3 is 14.7 Å². The third-order valence-electron chi connectivity index (χ3n) is 9.92. The number of hydrogen-bond acceptors (Lipinski definition) is 5. The maximum atomic E-state index is 2.54. The standard InChI is InChI=1S/C50H57N4S2/c1-51-35-29-45(30-36-51)19-17-43-21-25-49(26-22-43)53(41-47-13-5-3-6-14-47)33-9-11-39-55-56-40-12-10-34-54(42-48-15-7-4-8-16-48)50-27-23-44(24-28-50)18-20-46-31-37-52(2)38-32-46/h3-8,13-32,35-37H,9-12,33-34,38-42H2,1-2H3/q+1/b20-18+. The molecule has 288 valence electrons. The minimum absolute atomic E-state index is 0.926. The Labute approximate surface area is 344 Å². The molecule has 0 aliphatic carbocycles. The molecule has 2 heterocycles. The smallest absolute Gasteiger partial charge is 0.169 e. The average molecular weight is 778 g/mol. The molecule has 0 amide bonds. The van der Waals surface area contributed by atoms with Crippen molar-refractivity contribution in [3.05, 3.63) is 192 Å². The molecule has 0 saturated carbocycles. The zero-order valence-electron chi connectivity index (χ0n) is 33.1. The molecular formula is C50H57N4S2+. The number of hydrogen-bond donors (Lipinski definition) is 0. The molecular weight excluding hydrogens is 721 g/mol. The second-order valence-corrected chi connectivity index (χ2v) is 17.2. The van der Waals surface area contributed by atoms with Crippen LogP contribution in [-0.4, -0.2) is 43.1 Å². The van der Waals surface area contributed by atoms with Gasteiger partial charge >= 0.3 is 0 Å². The molecule has 0 bridgehead atoms. The van der Waals surface area contributed by atoms with E-state index in [1.54, 1.807) is 0 Å². The monoisotopic (exact) mass is 777 g/mol. The predicted molar refractivity (Wildman–Crippen MR) is 247 cm³/mol. The lowest BCUT2D eigenvalue weighted by Crippen LogP contribution is -2.25. The van der Waals surface area contributed by atoms with Gasteiger partial charge in [-0.2, -0.15) is 0 Å². The maximum absolute atomic E-state index is 2.54. The highest BCUT2D eigenvalue weighted by atomic mass is 33.1. The number of nitrogens with zero attached hydrogens (tertiary/aromatic N) is 4. The number of likely N-dealkylation sites (N-methyl/N-ethyl adjacent to an activating group) is 1. The number of unbranched alkanes of at least 4 members (excludes halogenated alkanes) is 2. The van der Waals surface area contributed by atoms with Crippen LogP contribution in [0.5, 0.6) is 0 Å². The first-order valence-electron chi connectivity index (χ1n) is 20.0. The molecule has 0 fully saturated rings. The van der Waals surface area contributed by atoms with Crippen molar-refractivity contribution >= 4 is 51.2 Å². The fraction of sp³-hybridized carbons (Fsp3) is 0.260. The van der Waals surface area contributed by atoms with Crippen LogP contribution in [0.2, 0.25) is 0 Å². The normalized spacial score (nSPS) is 12.8. The first kappa shape index (κ1) is 40.7. The fourth-order valence-corrected chi connectivity index (χ4v) is 8.86. The highest BCUT2D eigenvalue weighted by Gasteiger charge is 2.10. The Bertz CT molecular complexity index is 1990. The van der Waals surface area contributed by atoms with Crippen molar-refractivity contribution in [2.24, 2.45) is 7.05 Å². The van der Waals surface area contributed by atoms with Crippen LogP contribution < -0.4 is 14.4 Å². The summed E-state index contributed by atoms with van der Waals surface area (Å²) in [5.41, 5.74) is 10.2. The van der Waals surface area contributed by atoms with E-state index in [0.717, 1.165) is 32.7 Å². The Morgan fingerprint density at radius 1 is 0.571 bits per heavy atom. The minimum atomic E-state index is 0.926. The second kappa shape index (κ2) is 22.6. The molecule has 4 aromatic carbocycles. The lowest BCUT2D eigenvalue weighted by molar-refractivity contribution is -0.671. The Kier molecular flexibility index (Phi) is 16.4. The summed E-state index contributed by atoms with van der Waals surface area (Å²) < 4.78 is 2.06. The predicted octanol–water partition coefficient (Wildman–Crippen LogP) is 11.7. The Morgan fingerprint density at radius 2 is 1.04 bits per heavy atom. The van der Waals surface area contributed by atoms with Crippen LogP contribution in [0.25, 0.3) is 18.2 Å². The van der Waals surface area contributed by atoms with Crippen LogP contribution in [-0.2, 0) is 20.1 Å². The van der Waals surface area contributed by atoms with E-state index in [2.05, 4.69) is 203 Å². The number of pyridine rings is 1. The van der Waals surface area contributed by atoms with E-state index in [0.29, 0.717) is 0 Å². The van der Waals surface area contributed by atoms with Crippen molar-refractivity contribution in [3.8, 4) is 0 Å². The number of rotatable bonds is 21. The number of aromatic nitrogens is 1. The molecule has 1 aliphatic rings. The summed E-state index contributed by atoms with van der Waals surface area (Å²) in [6.07, 6.45) is 24.3. The van der Waals surface area contributed by atoms with E-state index in [1.165, 1.54) is 82.0 Å². The van der Waals surface area contributed by atoms with Crippen LogP contribution in [0.3, 0.4) is 0 Å². The quantitative estimate of drug-likeness (QED) is 0.0417. The van der Waals surface area contributed by atoms with E-state index >= 15 is 0 Å². The lowest BCUT2D eigenvalue weighted by Gasteiger charge is -2.25. The molecule has 0 N–H and O–H groups in total. The number of benzene rings is 4. The number of allylic oxidation sites excluding steroid dienone is 3.